The number of benzene rings is 2. The van der Waals surface area contributed by atoms with Crippen LogP contribution in [0.1, 0.15) is 51.6 Å². The molecule has 1 heterocycles. The number of amides is 1. The van der Waals surface area contributed by atoms with Gasteiger partial charge in [-0.25, -0.2) is 0 Å². The van der Waals surface area contributed by atoms with E-state index in [1.807, 2.05) is 12.1 Å². The highest BCUT2D eigenvalue weighted by atomic mass is 16.2. The predicted octanol–water partition coefficient (Wildman–Crippen LogP) is 1.74. The van der Waals surface area contributed by atoms with Crippen LogP contribution in [0.25, 0.3) is 0 Å². The van der Waals surface area contributed by atoms with Gasteiger partial charge in [-0.2, -0.15) is 0 Å². The molecule has 1 amide bonds. The molecule has 186 valence electrons. The summed E-state index contributed by atoms with van der Waals surface area (Å²) in [7, 11) is 0. The fourth-order valence-corrected chi connectivity index (χ4v) is 4.73. The smallest absolute Gasteiger partial charge is 0.236 e. The third kappa shape index (κ3) is 5.96. The SMILES string of the molecule is C[C@H](N)C(=O)NCCCN1CCN(CCCNc2cccc3c2C(=O)c2ccccc2C3=O)CC1. The highest BCUT2D eigenvalue weighted by Crippen LogP contribution is 2.31. The van der Waals surface area contributed by atoms with Crippen LogP contribution in [0.4, 0.5) is 5.69 Å². The van der Waals surface area contributed by atoms with Gasteiger partial charge in [-0.1, -0.05) is 36.4 Å². The van der Waals surface area contributed by atoms with E-state index in [2.05, 4.69) is 20.4 Å². The molecule has 0 bridgehead atoms. The number of piperazine rings is 1. The minimum absolute atomic E-state index is 0.0898. The van der Waals surface area contributed by atoms with Crippen LogP contribution in [0.15, 0.2) is 42.5 Å². The summed E-state index contributed by atoms with van der Waals surface area (Å²) in [6.45, 7) is 9.15. The van der Waals surface area contributed by atoms with Crippen molar-refractivity contribution >= 4 is 23.2 Å². The van der Waals surface area contributed by atoms with Gasteiger partial charge in [0.05, 0.1) is 11.6 Å². The molecule has 4 N–H and O–H groups in total. The number of anilines is 1. The third-order valence-corrected chi connectivity index (χ3v) is 6.75. The van der Waals surface area contributed by atoms with Crippen LogP contribution in [0, 0.1) is 0 Å². The molecule has 8 heteroatoms. The lowest BCUT2D eigenvalue weighted by Crippen LogP contribution is -2.47. The molecule has 8 nitrogen and oxygen atoms in total. The lowest BCUT2D eigenvalue weighted by molar-refractivity contribution is -0.122. The first-order valence-corrected chi connectivity index (χ1v) is 12.5. The summed E-state index contributed by atoms with van der Waals surface area (Å²) in [4.78, 5) is 42.4. The Morgan fingerprint density at radius 2 is 1.43 bits per heavy atom. The molecule has 0 spiro atoms. The lowest BCUT2D eigenvalue weighted by atomic mass is 9.83. The maximum absolute atomic E-state index is 13.1. The molecule has 0 saturated carbocycles. The van der Waals surface area contributed by atoms with Crippen molar-refractivity contribution in [3.63, 3.8) is 0 Å². The minimum Gasteiger partial charge on any atom is -0.384 e. The van der Waals surface area contributed by atoms with Crippen molar-refractivity contribution in [2.45, 2.75) is 25.8 Å². The zero-order valence-corrected chi connectivity index (χ0v) is 20.4. The van der Waals surface area contributed by atoms with Gasteiger partial charge in [0.1, 0.15) is 0 Å². The molecule has 1 saturated heterocycles. The largest absolute Gasteiger partial charge is 0.384 e. The van der Waals surface area contributed by atoms with E-state index < -0.39 is 6.04 Å². The number of rotatable bonds is 10. The summed E-state index contributed by atoms with van der Waals surface area (Å²) in [5, 5.41) is 6.26. The number of fused-ring (bicyclic) bond motifs is 2. The van der Waals surface area contributed by atoms with Gasteiger partial charge in [0.2, 0.25) is 5.91 Å². The average Bonchev–Trinajstić information content (AvgIpc) is 2.88. The van der Waals surface area contributed by atoms with Gasteiger partial charge in [-0.15, -0.1) is 0 Å². The first-order valence-electron chi connectivity index (χ1n) is 12.5. The Morgan fingerprint density at radius 3 is 2.06 bits per heavy atom. The highest BCUT2D eigenvalue weighted by molar-refractivity contribution is 6.30. The topological polar surface area (TPSA) is 108 Å². The van der Waals surface area contributed by atoms with E-state index in [1.165, 1.54) is 0 Å². The second-order valence-corrected chi connectivity index (χ2v) is 9.33. The van der Waals surface area contributed by atoms with Crippen LogP contribution in [-0.4, -0.2) is 85.7 Å². The molecule has 1 aliphatic carbocycles. The van der Waals surface area contributed by atoms with Crippen molar-refractivity contribution in [1.29, 1.82) is 0 Å². The molecule has 1 fully saturated rings. The Labute approximate surface area is 206 Å². The van der Waals surface area contributed by atoms with Gasteiger partial charge >= 0.3 is 0 Å². The molecule has 0 aromatic heterocycles. The minimum atomic E-state index is -0.458. The zero-order valence-electron chi connectivity index (χ0n) is 20.4. The fourth-order valence-electron chi connectivity index (χ4n) is 4.73. The average molecular weight is 478 g/mol. The van der Waals surface area contributed by atoms with E-state index in [1.54, 1.807) is 37.3 Å². The summed E-state index contributed by atoms with van der Waals surface area (Å²) >= 11 is 0. The van der Waals surface area contributed by atoms with E-state index in [0.29, 0.717) is 28.8 Å². The van der Waals surface area contributed by atoms with Gasteiger partial charge in [0.15, 0.2) is 11.6 Å². The fraction of sp³-hybridized carbons (Fsp3) is 0.444. The molecule has 0 radical (unpaired) electrons. The number of carbonyl (C=O) groups excluding carboxylic acids is 3. The van der Waals surface area contributed by atoms with E-state index in [-0.39, 0.29) is 17.5 Å². The Hall–Kier alpha value is -3.07. The summed E-state index contributed by atoms with van der Waals surface area (Å²) < 4.78 is 0. The van der Waals surface area contributed by atoms with Crippen LogP contribution in [0.5, 0.6) is 0 Å². The number of hydrogen-bond donors (Lipinski definition) is 3. The monoisotopic (exact) mass is 477 g/mol. The van der Waals surface area contributed by atoms with E-state index in [4.69, 9.17) is 5.73 Å². The molecule has 0 unspecified atom stereocenters. The maximum atomic E-state index is 13.1. The molecule has 1 aliphatic heterocycles. The maximum Gasteiger partial charge on any atom is 0.236 e. The molecule has 1 atom stereocenters. The Morgan fingerprint density at radius 1 is 0.857 bits per heavy atom. The van der Waals surface area contributed by atoms with Crippen LogP contribution in [0.2, 0.25) is 0 Å². The Balaban J connectivity index is 1.20. The first-order chi connectivity index (χ1) is 17.0. The van der Waals surface area contributed by atoms with Gasteiger partial charge in [0, 0.05) is 61.6 Å². The summed E-state index contributed by atoms with van der Waals surface area (Å²) in [6, 6.07) is 12.0. The van der Waals surface area contributed by atoms with E-state index in [0.717, 1.165) is 64.3 Å². The van der Waals surface area contributed by atoms with Crippen molar-refractivity contribution < 1.29 is 14.4 Å². The van der Waals surface area contributed by atoms with Gasteiger partial charge < -0.3 is 26.2 Å². The number of nitrogens with one attached hydrogen (secondary N) is 2. The van der Waals surface area contributed by atoms with Gasteiger partial charge in [-0.05, 0) is 38.9 Å². The molecule has 2 aromatic carbocycles. The number of carbonyl (C=O) groups is 3. The Kier molecular flexibility index (Phi) is 8.28. The second-order valence-electron chi connectivity index (χ2n) is 9.33. The summed E-state index contributed by atoms with van der Waals surface area (Å²) in [6.07, 6.45) is 1.88. The third-order valence-electron chi connectivity index (χ3n) is 6.75. The van der Waals surface area contributed by atoms with Crippen molar-refractivity contribution in [3.8, 4) is 0 Å². The van der Waals surface area contributed by atoms with Crippen LogP contribution >= 0.6 is 0 Å². The summed E-state index contributed by atoms with van der Waals surface area (Å²) in [5.74, 6) is -0.278. The van der Waals surface area contributed by atoms with Gasteiger partial charge in [-0.3, -0.25) is 14.4 Å². The van der Waals surface area contributed by atoms with Crippen molar-refractivity contribution in [2.24, 2.45) is 5.73 Å². The van der Waals surface area contributed by atoms with Crippen LogP contribution in [0.3, 0.4) is 0 Å². The highest BCUT2D eigenvalue weighted by Gasteiger charge is 2.31. The predicted molar refractivity (Wildman–Crippen MR) is 137 cm³/mol. The van der Waals surface area contributed by atoms with Crippen LogP contribution < -0.4 is 16.4 Å². The number of nitrogens with two attached hydrogens (primary N) is 1. The van der Waals surface area contributed by atoms with Gasteiger partial charge in [0.25, 0.3) is 0 Å². The number of hydrogen-bond acceptors (Lipinski definition) is 7. The van der Waals surface area contributed by atoms with E-state index >= 15 is 0 Å². The standard InChI is InChI=1S/C27H35N5O3/c1-19(28)27(35)30-12-6-14-32-17-15-31(16-18-32)13-5-11-29-23-10-4-9-22-24(23)26(34)21-8-3-2-7-20(21)25(22)33/h2-4,7-10,19,29H,5-6,11-18,28H2,1H3,(H,30,35)/t19-/m0/s1. The first kappa shape index (κ1) is 25.0. The molecule has 4 rings (SSSR count). The quantitative estimate of drug-likeness (QED) is 0.382. The van der Waals surface area contributed by atoms with Crippen molar-refractivity contribution in [1.82, 2.24) is 15.1 Å². The molecular formula is C27H35N5O3. The summed E-state index contributed by atoms with van der Waals surface area (Å²) in [5.41, 5.74) is 8.22. The Bertz CT molecular complexity index is 1080. The number of nitrogens with zero attached hydrogens (tertiary/aromatic N) is 2. The molecule has 35 heavy (non-hydrogen) atoms. The molecule has 2 aromatic rings. The normalized spacial score (nSPS) is 17.0. The van der Waals surface area contributed by atoms with Crippen molar-refractivity contribution in [3.05, 3.63) is 64.7 Å². The van der Waals surface area contributed by atoms with Crippen LogP contribution in [-0.2, 0) is 4.79 Å². The zero-order chi connectivity index (χ0) is 24.8. The lowest BCUT2D eigenvalue weighted by Gasteiger charge is -2.34. The molecule has 2 aliphatic rings. The second kappa shape index (κ2) is 11.6. The molecular weight excluding hydrogens is 442 g/mol. The van der Waals surface area contributed by atoms with Crippen molar-refractivity contribution in [2.75, 3.05) is 57.7 Å². The number of ketones is 2. The van der Waals surface area contributed by atoms with E-state index in [9.17, 15) is 14.4 Å².